The van der Waals surface area contributed by atoms with Gasteiger partial charge in [-0.3, -0.25) is 4.79 Å². The van der Waals surface area contributed by atoms with Crippen LogP contribution in [0.2, 0.25) is 0 Å². The number of rotatable bonds is 3. The van der Waals surface area contributed by atoms with Crippen LogP contribution in [0.25, 0.3) is 0 Å². The van der Waals surface area contributed by atoms with E-state index in [1.165, 1.54) is 12.8 Å². The van der Waals surface area contributed by atoms with Crippen LogP contribution >= 0.6 is 0 Å². The van der Waals surface area contributed by atoms with Gasteiger partial charge in [0.05, 0.1) is 0 Å². The number of hydrogen-bond donors (Lipinski definition) is 0. The van der Waals surface area contributed by atoms with Crippen molar-refractivity contribution in [1.29, 1.82) is 0 Å². The zero-order valence-electron chi connectivity index (χ0n) is 6.18. The van der Waals surface area contributed by atoms with Crippen LogP contribution < -0.4 is 0 Å². The molecule has 0 aromatic rings. The van der Waals surface area contributed by atoms with Crippen molar-refractivity contribution in [3.05, 3.63) is 0 Å². The normalized spacial score (nSPS) is 25.2. The van der Waals surface area contributed by atoms with Gasteiger partial charge in [0, 0.05) is 12.3 Å². The Labute approximate surface area is 56.4 Å². The molecule has 1 nitrogen and oxygen atoms in total. The average molecular weight is 126 g/mol. The van der Waals surface area contributed by atoms with Crippen molar-refractivity contribution in [2.45, 2.75) is 33.1 Å². The second-order valence-corrected chi connectivity index (χ2v) is 2.85. The van der Waals surface area contributed by atoms with Gasteiger partial charge in [0.1, 0.15) is 5.78 Å². The van der Waals surface area contributed by atoms with Gasteiger partial charge in [-0.25, -0.2) is 0 Å². The van der Waals surface area contributed by atoms with Gasteiger partial charge in [-0.15, -0.1) is 0 Å². The summed E-state index contributed by atoms with van der Waals surface area (Å²) in [6.45, 7) is 4.33. The predicted molar refractivity (Wildman–Crippen MR) is 37.2 cm³/mol. The third kappa shape index (κ3) is 1.32. The largest absolute Gasteiger partial charge is 0.299 e. The van der Waals surface area contributed by atoms with E-state index >= 15 is 0 Å². The van der Waals surface area contributed by atoms with Gasteiger partial charge in [-0.05, 0) is 5.92 Å². The van der Waals surface area contributed by atoms with Crippen LogP contribution in [0.4, 0.5) is 0 Å². The number of hydrogen-bond acceptors (Lipinski definition) is 1. The van der Waals surface area contributed by atoms with Crippen molar-refractivity contribution < 1.29 is 4.79 Å². The highest BCUT2D eigenvalue weighted by Gasteiger charge is 2.39. The summed E-state index contributed by atoms with van der Waals surface area (Å²) in [7, 11) is 0. The Balaban J connectivity index is 2.31. The maximum Gasteiger partial charge on any atom is 0.137 e. The molecule has 1 heteroatoms. The molecule has 1 saturated carbocycles. The Morgan fingerprint density at radius 2 is 2.00 bits per heavy atom. The van der Waals surface area contributed by atoms with E-state index in [0.717, 1.165) is 6.42 Å². The van der Waals surface area contributed by atoms with Gasteiger partial charge in [0.15, 0.2) is 0 Å². The second-order valence-electron chi connectivity index (χ2n) is 2.85. The first kappa shape index (κ1) is 6.79. The smallest absolute Gasteiger partial charge is 0.137 e. The summed E-state index contributed by atoms with van der Waals surface area (Å²) < 4.78 is 0. The summed E-state index contributed by atoms with van der Waals surface area (Å²) in [5.41, 5.74) is 0. The van der Waals surface area contributed by atoms with Gasteiger partial charge < -0.3 is 0 Å². The van der Waals surface area contributed by atoms with Crippen molar-refractivity contribution in [2.24, 2.45) is 11.8 Å². The lowest BCUT2D eigenvalue weighted by Crippen LogP contribution is -2.00. The Hall–Kier alpha value is -0.330. The summed E-state index contributed by atoms with van der Waals surface area (Å²) in [5.74, 6) is 1.64. The fourth-order valence-corrected chi connectivity index (χ4v) is 1.45. The third-order valence-electron chi connectivity index (χ3n) is 2.29. The van der Waals surface area contributed by atoms with E-state index in [0.29, 0.717) is 17.6 Å². The SMILES string of the molecule is CCC(CC)C1CC1=O. The Morgan fingerprint density at radius 1 is 1.56 bits per heavy atom. The van der Waals surface area contributed by atoms with E-state index in [9.17, 15) is 4.79 Å². The highest BCUT2D eigenvalue weighted by Crippen LogP contribution is 2.35. The number of ketones is 1. The molecule has 1 rings (SSSR count). The lowest BCUT2D eigenvalue weighted by atomic mass is 9.98. The van der Waals surface area contributed by atoms with Crippen molar-refractivity contribution >= 4 is 5.78 Å². The monoisotopic (exact) mass is 126 g/mol. The van der Waals surface area contributed by atoms with Crippen molar-refractivity contribution in [1.82, 2.24) is 0 Å². The Morgan fingerprint density at radius 3 is 2.11 bits per heavy atom. The lowest BCUT2D eigenvalue weighted by molar-refractivity contribution is -0.111. The maximum atomic E-state index is 10.6. The average Bonchev–Trinajstić information content (AvgIpc) is 2.51. The zero-order chi connectivity index (χ0) is 6.85. The van der Waals surface area contributed by atoms with Gasteiger partial charge in [-0.1, -0.05) is 26.7 Å². The van der Waals surface area contributed by atoms with Crippen LogP contribution in [0, 0.1) is 11.8 Å². The Bertz CT molecular complexity index is 114. The first-order chi connectivity index (χ1) is 4.29. The molecule has 0 saturated heterocycles. The summed E-state index contributed by atoms with van der Waals surface area (Å²) in [6, 6.07) is 0. The first-order valence-electron chi connectivity index (χ1n) is 3.82. The minimum atomic E-state index is 0.458. The third-order valence-corrected chi connectivity index (χ3v) is 2.29. The molecule has 9 heavy (non-hydrogen) atoms. The molecule has 0 spiro atoms. The van der Waals surface area contributed by atoms with E-state index < -0.39 is 0 Å². The van der Waals surface area contributed by atoms with E-state index in [-0.39, 0.29) is 0 Å². The highest BCUT2D eigenvalue weighted by molar-refractivity contribution is 5.96. The van der Waals surface area contributed by atoms with E-state index in [4.69, 9.17) is 0 Å². The predicted octanol–water partition coefficient (Wildman–Crippen LogP) is 2.01. The van der Waals surface area contributed by atoms with Crippen LogP contribution in [0.1, 0.15) is 33.1 Å². The first-order valence-corrected chi connectivity index (χ1v) is 3.82. The van der Waals surface area contributed by atoms with Gasteiger partial charge in [-0.2, -0.15) is 0 Å². The quantitative estimate of drug-likeness (QED) is 0.565. The topological polar surface area (TPSA) is 17.1 Å². The number of Topliss-reactive ketones (excluding diaryl/α,β-unsaturated/α-hetero) is 1. The molecule has 0 N–H and O–H groups in total. The second kappa shape index (κ2) is 2.51. The molecule has 0 aromatic heterocycles. The minimum Gasteiger partial charge on any atom is -0.299 e. The summed E-state index contributed by atoms with van der Waals surface area (Å²) in [6.07, 6.45) is 3.21. The van der Waals surface area contributed by atoms with E-state index in [1.807, 2.05) is 0 Å². The summed E-state index contributed by atoms with van der Waals surface area (Å²) in [5, 5.41) is 0. The molecule has 52 valence electrons. The molecule has 0 radical (unpaired) electrons. The molecular weight excluding hydrogens is 112 g/mol. The number of carbonyl (C=O) groups is 1. The number of carbonyl (C=O) groups excluding carboxylic acids is 1. The molecule has 1 unspecified atom stereocenters. The molecule has 0 bridgehead atoms. The molecule has 1 fully saturated rings. The van der Waals surface area contributed by atoms with Crippen LogP contribution in [0.3, 0.4) is 0 Å². The van der Waals surface area contributed by atoms with E-state index in [2.05, 4.69) is 13.8 Å². The van der Waals surface area contributed by atoms with Crippen LogP contribution in [0.15, 0.2) is 0 Å². The molecule has 0 aromatic carbocycles. The molecule has 0 heterocycles. The maximum absolute atomic E-state index is 10.6. The summed E-state index contributed by atoms with van der Waals surface area (Å²) in [4.78, 5) is 10.6. The van der Waals surface area contributed by atoms with Crippen molar-refractivity contribution in [3.63, 3.8) is 0 Å². The Kier molecular flexibility index (Phi) is 1.89. The highest BCUT2D eigenvalue weighted by atomic mass is 16.1. The van der Waals surface area contributed by atoms with Crippen molar-refractivity contribution in [2.75, 3.05) is 0 Å². The van der Waals surface area contributed by atoms with Crippen molar-refractivity contribution in [3.8, 4) is 0 Å². The van der Waals surface area contributed by atoms with Crippen LogP contribution in [0.5, 0.6) is 0 Å². The van der Waals surface area contributed by atoms with Gasteiger partial charge >= 0.3 is 0 Å². The molecule has 1 aliphatic carbocycles. The van der Waals surface area contributed by atoms with Crippen LogP contribution in [-0.2, 0) is 4.79 Å². The zero-order valence-corrected chi connectivity index (χ0v) is 6.18. The molecular formula is C8H14O. The standard InChI is InChI=1S/C8H14O/c1-3-6(4-2)7-5-8(7)9/h6-7H,3-5H2,1-2H3. The van der Waals surface area contributed by atoms with E-state index in [1.54, 1.807) is 0 Å². The van der Waals surface area contributed by atoms with Gasteiger partial charge in [0.25, 0.3) is 0 Å². The molecule has 1 atom stereocenters. The van der Waals surface area contributed by atoms with Gasteiger partial charge in [0.2, 0.25) is 0 Å². The fraction of sp³-hybridized carbons (Fsp3) is 0.875. The molecule has 1 aliphatic rings. The molecule has 0 aliphatic heterocycles. The minimum absolute atomic E-state index is 0.458. The summed E-state index contributed by atoms with van der Waals surface area (Å²) >= 11 is 0. The lowest BCUT2D eigenvalue weighted by Gasteiger charge is -2.06. The van der Waals surface area contributed by atoms with Crippen LogP contribution in [-0.4, -0.2) is 5.78 Å². The molecule has 0 amide bonds. The fourth-order valence-electron chi connectivity index (χ4n) is 1.45.